The van der Waals surface area contributed by atoms with Crippen LogP contribution in [0.5, 0.6) is 0 Å². The van der Waals surface area contributed by atoms with Crippen molar-refractivity contribution in [2.75, 3.05) is 11.3 Å². The number of ether oxygens (including phenoxy) is 1. The minimum Gasteiger partial charge on any atom is -0.462 e. The van der Waals surface area contributed by atoms with Gasteiger partial charge in [-0.3, -0.25) is 9.29 Å². The molecule has 8 nitrogen and oxygen atoms in total. The van der Waals surface area contributed by atoms with Crippen LogP contribution < -0.4 is 10.5 Å². The van der Waals surface area contributed by atoms with E-state index in [-0.39, 0.29) is 28.3 Å². The zero-order valence-electron chi connectivity index (χ0n) is 15.7. The summed E-state index contributed by atoms with van der Waals surface area (Å²) in [4.78, 5) is 23.9. The number of benzene rings is 2. The van der Waals surface area contributed by atoms with Crippen molar-refractivity contribution >= 4 is 32.8 Å². The first kappa shape index (κ1) is 19.7. The Bertz CT molecular complexity index is 1210. The van der Waals surface area contributed by atoms with E-state index in [1.165, 1.54) is 22.8 Å². The SMILES string of the molecule is CCOC(=O)c1ccccc1NS(=O)(=O)c1cc2oc(=O)n(CC)c2cc1C. The lowest BCUT2D eigenvalue weighted by Crippen LogP contribution is -2.17. The normalized spacial score (nSPS) is 11.5. The van der Waals surface area contributed by atoms with Gasteiger partial charge in [0.25, 0.3) is 10.0 Å². The van der Waals surface area contributed by atoms with Crippen molar-refractivity contribution in [3.05, 3.63) is 58.1 Å². The second-order valence-corrected chi connectivity index (χ2v) is 7.72. The summed E-state index contributed by atoms with van der Waals surface area (Å²) in [7, 11) is -4.05. The molecule has 0 aliphatic heterocycles. The molecule has 0 aliphatic rings. The van der Waals surface area contributed by atoms with E-state index in [4.69, 9.17) is 9.15 Å². The maximum absolute atomic E-state index is 13.0. The van der Waals surface area contributed by atoms with E-state index in [1.807, 2.05) is 0 Å². The van der Waals surface area contributed by atoms with Gasteiger partial charge in [-0.05, 0) is 44.5 Å². The number of esters is 1. The van der Waals surface area contributed by atoms with Gasteiger partial charge in [0.2, 0.25) is 0 Å². The van der Waals surface area contributed by atoms with E-state index in [0.29, 0.717) is 17.6 Å². The van der Waals surface area contributed by atoms with Crippen molar-refractivity contribution in [1.29, 1.82) is 0 Å². The maximum atomic E-state index is 13.0. The summed E-state index contributed by atoms with van der Waals surface area (Å²) in [6, 6.07) is 9.08. The number of rotatable bonds is 6. The monoisotopic (exact) mass is 404 g/mol. The molecule has 0 saturated heterocycles. The summed E-state index contributed by atoms with van der Waals surface area (Å²) in [6.07, 6.45) is 0. The molecule has 28 heavy (non-hydrogen) atoms. The van der Waals surface area contributed by atoms with Crippen LogP contribution in [0.1, 0.15) is 29.8 Å². The van der Waals surface area contributed by atoms with Crippen molar-refractivity contribution in [1.82, 2.24) is 4.57 Å². The second kappa shape index (κ2) is 7.51. The number of hydrogen-bond acceptors (Lipinski definition) is 6. The zero-order valence-corrected chi connectivity index (χ0v) is 16.5. The summed E-state index contributed by atoms with van der Waals surface area (Å²) >= 11 is 0. The molecular formula is C19H20N2O6S. The number of para-hydroxylation sites is 1. The fourth-order valence-electron chi connectivity index (χ4n) is 2.94. The molecule has 3 aromatic rings. The number of nitrogens with zero attached hydrogens (tertiary/aromatic N) is 1. The number of carbonyl (C=O) groups is 1. The number of aryl methyl sites for hydroxylation is 2. The zero-order chi connectivity index (χ0) is 20.5. The van der Waals surface area contributed by atoms with Gasteiger partial charge in [0.15, 0.2) is 5.58 Å². The van der Waals surface area contributed by atoms with Crippen molar-refractivity contribution in [3.8, 4) is 0 Å². The van der Waals surface area contributed by atoms with Crippen LogP contribution in [-0.2, 0) is 21.3 Å². The molecule has 1 heterocycles. The highest BCUT2D eigenvalue weighted by molar-refractivity contribution is 7.92. The van der Waals surface area contributed by atoms with Crippen molar-refractivity contribution in [2.24, 2.45) is 0 Å². The number of fused-ring (bicyclic) bond motifs is 1. The van der Waals surface area contributed by atoms with E-state index >= 15 is 0 Å². The smallest absolute Gasteiger partial charge is 0.419 e. The first-order valence-electron chi connectivity index (χ1n) is 8.71. The van der Waals surface area contributed by atoms with Gasteiger partial charge in [0, 0.05) is 12.6 Å². The lowest BCUT2D eigenvalue weighted by atomic mass is 10.2. The lowest BCUT2D eigenvalue weighted by Gasteiger charge is -2.13. The number of aromatic nitrogens is 1. The number of sulfonamides is 1. The molecule has 0 spiro atoms. The van der Waals surface area contributed by atoms with Crippen LogP contribution in [0.4, 0.5) is 5.69 Å². The van der Waals surface area contributed by atoms with Crippen molar-refractivity contribution < 1.29 is 22.4 Å². The Morgan fingerprint density at radius 2 is 1.93 bits per heavy atom. The van der Waals surface area contributed by atoms with Crippen LogP contribution in [0.3, 0.4) is 0 Å². The Labute approximate surface area is 161 Å². The summed E-state index contributed by atoms with van der Waals surface area (Å²) in [6.45, 7) is 5.66. The van der Waals surface area contributed by atoms with Crippen LogP contribution in [0, 0.1) is 6.92 Å². The molecule has 148 valence electrons. The van der Waals surface area contributed by atoms with Gasteiger partial charge in [-0.15, -0.1) is 0 Å². The fourth-order valence-corrected chi connectivity index (χ4v) is 4.26. The molecule has 0 aliphatic carbocycles. The van der Waals surface area contributed by atoms with Crippen molar-refractivity contribution in [2.45, 2.75) is 32.2 Å². The first-order chi connectivity index (χ1) is 13.3. The molecule has 2 aromatic carbocycles. The predicted octanol–water partition coefficient (Wildman–Crippen LogP) is 2.90. The second-order valence-electron chi connectivity index (χ2n) is 6.07. The molecule has 1 aromatic heterocycles. The molecule has 0 radical (unpaired) electrons. The third-order valence-electron chi connectivity index (χ3n) is 4.24. The molecule has 0 amide bonds. The van der Waals surface area contributed by atoms with Crippen LogP contribution in [0.15, 0.2) is 50.5 Å². The Kier molecular flexibility index (Phi) is 5.28. The predicted molar refractivity (Wildman–Crippen MR) is 104 cm³/mol. The van der Waals surface area contributed by atoms with Crippen LogP contribution in [0.2, 0.25) is 0 Å². The minimum absolute atomic E-state index is 0.0457. The van der Waals surface area contributed by atoms with E-state index in [2.05, 4.69) is 4.72 Å². The van der Waals surface area contributed by atoms with Crippen LogP contribution in [0.25, 0.3) is 11.1 Å². The fraction of sp³-hybridized carbons (Fsp3) is 0.263. The Morgan fingerprint density at radius 3 is 2.61 bits per heavy atom. The molecular weight excluding hydrogens is 384 g/mol. The highest BCUT2D eigenvalue weighted by atomic mass is 32.2. The van der Waals surface area contributed by atoms with E-state index in [9.17, 15) is 18.0 Å². The van der Waals surface area contributed by atoms with E-state index in [0.717, 1.165) is 0 Å². The topological polar surface area (TPSA) is 108 Å². The summed E-state index contributed by atoms with van der Waals surface area (Å²) in [5, 5.41) is 0. The minimum atomic E-state index is -4.05. The van der Waals surface area contributed by atoms with Gasteiger partial charge in [-0.1, -0.05) is 12.1 Å². The van der Waals surface area contributed by atoms with E-state index < -0.39 is 21.7 Å². The molecule has 3 rings (SSSR count). The summed E-state index contributed by atoms with van der Waals surface area (Å²) < 4.78 is 39.9. The highest BCUT2D eigenvalue weighted by Gasteiger charge is 2.23. The van der Waals surface area contributed by atoms with Gasteiger partial charge < -0.3 is 9.15 Å². The molecule has 0 atom stereocenters. The Hall–Kier alpha value is -3.07. The van der Waals surface area contributed by atoms with Crippen molar-refractivity contribution in [3.63, 3.8) is 0 Å². The van der Waals surface area contributed by atoms with Gasteiger partial charge in [-0.25, -0.2) is 18.0 Å². The standard InChI is InChI=1S/C19H20N2O6S/c1-4-21-15-10-12(3)17(11-16(15)27-19(21)23)28(24,25)20-14-9-7-6-8-13(14)18(22)26-5-2/h6-11,20H,4-5H2,1-3H3. The third kappa shape index (κ3) is 3.53. The number of oxazole rings is 1. The molecule has 0 saturated carbocycles. The molecule has 1 N–H and O–H groups in total. The van der Waals surface area contributed by atoms with Gasteiger partial charge in [-0.2, -0.15) is 0 Å². The highest BCUT2D eigenvalue weighted by Crippen LogP contribution is 2.26. The van der Waals surface area contributed by atoms with Gasteiger partial charge in [0.1, 0.15) is 0 Å². The molecule has 0 bridgehead atoms. The van der Waals surface area contributed by atoms with Crippen LogP contribution >= 0.6 is 0 Å². The maximum Gasteiger partial charge on any atom is 0.419 e. The lowest BCUT2D eigenvalue weighted by molar-refractivity contribution is 0.0527. The summed E-state index contributed by atoms with van der Waals surface area (Å²) in [5.41, 5.74) is 1.35. The average Bonchev–Trinajstić information content (AvgIpc) is 2.95. The van der Waals surface area contributed by atoms with Gasteiger partial charge in [0.05, 0.1) is 28.3 Å². The molecule has 9 heteroatoms. The first-order valence-corrected chi connectivity index (χ1v) is 10.2. The molecule has 0 unspecified atom stereocenters. The van der Waals surface area contributed by atoms with Gasteiger partial charge >= 0.3 is 11.7 Å². The van der Waals surface area contributed by atoms with Crippen LogP contribution in [-0.4, -0.2) is 25.6 Å². The number of nitrogens with one attached hydrogen (secondary N) is 1. The quantitative estimate of drug-likeness (QED) is 0.633. The Morgan fingerprint density at radius 1 is 1.21 bits per heavy atom. The average molecular weight is 404 g/mol. The largest absolute Gasteiger partial charge is 0.462 e. The number of hydrogen-bond donors (Lipinski definition) is 1. The molecule has 0 fully saturated rings. The van der Waals surface area contributed by atoms with E-state index in [1.54, 1.807) is 39.0 Å². The third-order valence-corrected chi connectivity index (χ3v) is 5.74. The number of carbonyl (C=O) groups excluding carboxylic acids is 1. The summed E-state index contributed by atoms with van der Waals surface area (Å²) in [5.74, 6) is -1.17. The Balaban J connectivity index is 2.06. The number of anilines is 1.